The molecule has 4 atom stereocenters. The van der Waals surface area contributed by atoms with Crippen molar-refractivity contribution in [1.82, 2.24) is 0 Å². The van der Waals surface area contributed by atoms with Crippen LogP contribution in [-0.2, 0) is 20.3 Å². The van der Waals surface area contributed by atoms with E-state index in [1.165, 1.54) is 105 Å². The summed E-state index contributed by atoms with van der Waals surface area (Å²) in [6, 6.07) is 48.5. The maximum atomic E-state index is 6.01. The number of epoxide rings is 2. The highest BCUT2D eigenvalue weighted by atomic mass is 16.8. The number of anilines is 3. The molecule has 7 aromatic carbocycles. The van der Waals surface area contributed by atoms with Gasteiger partial charge in [-0.2, -0.15) is 0 Å². The van der Waals surface area contributed by atoms with E-state index in [1.54, 1.807) is 0 Å². The van der Waals surface area contributed by atoms with Crippen molar-refractivity contribution in [1.29, 1.82) is 0 Å². The molecule has 7 aromatic rings. The minimum Gasteiger partial charge on any atom is -0.462 e. The Morgan fingerprint density at radius 3 is 1.24 bits per heavy atom. The second-order valence-electron chi connectivity index (χ2n) is 20.7. The Kier molecular flexibility index (Phi) is 7.63. The van der Waals surface area contributed by atoms with Crippen LogP contribution in [0.2, 0.25) is 0 Å². The maximum absolute atomic E-state index is 6.01. The third kappa shape index (κ3) is 5.65. The summed E-state index contributed by atoms with van der Waals surface area (Å²) < 4.78 is 23.0. The summed E-state index contributed by atoms with van der Waals surface area (Å²) in [5, 5.41) is 0. The van der Waals surface area contributed by atoms with Crippen molar-refractivity contribution in [3.05, 3.63) is 139 Å². The lowest BCUT2D eigenvalue weighted by atomic mass is 9.32. The van der Waals surface area contributed by atoms with Gasteiger partial charge in [0.25, 0.3) is 0 Å². The first-order chi connectivity index (χ1) is 30.3. The molecule has 7 heteroatoms. The van der Waals surface area contributed by atoms with Crippen molar-refractivity contribution in [3.63, 3.8) is 0 Å². The fourth-order valence-electron chi connectivity index (χ4n) is 10.9. The lowest BCUT2D eigenvalue weighted by Gasteiger charge is -2.43. The van der Waals surface area contributed by atoms with Gasteiger partial charge in [0, 0.05) is 17.1 Å². The van der Waals surface area contributed by atoms with E-state index in [2.05, 4.69) is 174 Å². The smallest absolute Gasteiger partial charge is 0.248 e. The Balaban J connectivity index is 0.992. The second kappa shape index (κ2) is 12.8. The van der Waals surface area contributed by atoms with Gasteiger partial charge in [-0.25, -0.2) is 0 Å². The molecule has 0 radical (unpaired) electrons. The van der Waals surface area contributed by atoms with Crippen LogP contribution in [0.5, 0.6) is 11.5 Å². The van der Waals surface area contributed by atoms with Gasteiger partial charge in [-0.3, -0.25) is 0 Å². The number of ether oxygens (including phenoxy) is 4. The van der Waals surface area contributed by atoms with Gasteiger partial charge in [-0.1, -0.05) is 131 Å². The summed E-state index contributed by atoms with van der Waals surface area (Å²) in [6.45, 7) is 18.5. The summed E-state index contributed by atoms with van der Waals surface area (Å²) in [4.78, 5) is 2.69. The molecule has 6 aliphatic rings. The van der Waals surface area contributed by atoms with Crippen molar-refractivity contribution in [3.8, 4) is 56.0 Å². The fraction of sp³-hybridized carbons (Fsp3) is 0.250. The van der Waals surface area contributed by atoms with E-state index in [1.807, 2.05) is 13.8 Å². The van der Waals surface area contributed by atoms with E-state index >= 15 is 0 Å². The molecule has 6 aliphatic heterocycles. The minimum absolute atomic E-state index is 0.0611. The molecule has 13 rings (SSSR count). The predicted molar refractivity (Wildman–Crippen MR) is 260 cm³/mol. The Morgan fingerprint density at radius 1 is 0.460 bits per heavy atom. The third-order valence-electron chi connectivity index (χ3n) is 14.6. The molecule has 0 bridgehead atoms. The highest BCUT2D eigenvalue weighted by molar-refractivity contribution is 7.05. The molecular weight excluding hydrogens is 772 g/mol. The zero-order valence-electron chi connectivity index (χ0n) is 37.2. The summed E-state index contributed by atoms with van der Waals surface area (Å²) >= 11 is 0. The topological polar surface area (TPSA) is 46.8 Å². The molecule has 6 heterocycles. The van der Waals surface area contributed by atoms with Crippen molar-refractivity contribution < 1.29 is 18.9 Å². The Hall–Kier alpha value is -6.01. The van der Waals surface area contributed by atoms with Gasteiger partial charge in [-0.15, -0.1) is 0 Å². The summed E-state index contributed by atoms with van der Waals surface area (Å²) in [6.07, 6.45) is 0.0175. The fourth-order valence-corrected chi connectivity index (χ4v) is 10.9. The van der Waals surface area contributed by atoms with E-state index in [0.29, 0.717) is 0 Å². The average Bonchev–Trinajstić information content (AvgIpc) is 4.09. The van der Waals surface area contributed by atoms with Gasteiger partial charge in [0.2, 0.25) is 26.0 Å². The van der Waals surface area contributed by atoms with Gasteiger partial charge in [0.15, 0.2) is 0 Å². The molecule has 0 aromatic heterocycles. The Bertz CT molecular complexity index is 2900. The highest BCUT2D eigenvalue weighted by Gasteiger charge is 2.50. The lowest BCUT2D eigenvalue weighted by molar-refractivity contribution is 0.178. The van der Waals surface area contributed by atoms with Crippen LogP contribution in [-0.4, -0.2) is 38.2 Å². The Labute approximate surface area is 371 Å². The summed E-state index contributed by atoms with van der Waals surface area (Å²) in [7, 11) is 0. The monoisotopic (exact) mass is 821 g/mol. The van der Waals surface area contributed by atoms with E-state index in [4.69, 9.17) is 18.9 Å². The van der Waals surface area contributed by atoms with Gasteiger partial charge < -0.3 is 23.8 Å². The standard InChI is InChI=1S/C56H49B2NO4/c1-30-53(60-30)62-38-18-12-32(13-19-38)34-16-22-44-40(24-34)42-26-36(55(3,4)5)28-48-50(42)57(44)46-10-9-11-47-52(46)59(48)49-29-37(56(6,7)8)27-43-41-25-35(17-23-45(41)58(47)51(43)49)33-14-20-39(21-15-33)63-54-31(2)61-54/h9-31,53-54H,1-8H3. The molecule has 5 nitrogen and oxygen atoms in total. The van der Waals surface area contributed by atoms with Crippen molar-refractivity contribution in [2.24, 2.45) is 0 Å². The molecule has 0 amide bonds. The average molecular weight is 822 g/mol. The van der Waals surface area contributed by atoms with Crippen LogP contribution in [0.15, 0.2) is 127 Å². The van der Waals surface area contributed by atoms with Crippen LogP contribution in [0.3, 0.4) is 0 Å². The van der Waals surface area contributed by atoms with Crippen molar-refractivity contribution >= 4 is 63.3 Å². The largest absolute Gasteiger partial charge is 0.462 e. The molecule has 0 spiro atoms. The number of para-hydroxylation sites is 1. The summed E-state index contributed by atoms with van der Waals surface area (Å²) in [5.74, 6) is 1.68. The van der Waals surface area contributed by atoms with Crippen molar-refractivity contribution in [2.75, 3.05) is 4.90 Å². The third-order valence-corrected chi connectivity index (χ3v) is 14.6. The van der Waals surface area contributed by atoms with Crippen molar-refractivity contribution in [2.45, 2.75) is 91.0 Å². The highest BCUT2D eigenvalue weighted by Crippen LogP contribution is 2.48. The zero-order valence-corrected chi connectivity index (χ0v) is 37.2. The number of benzene rings is 7. The molecular formula is C56H49B2NO4. The number of hydrogen-bond acceptors (Lipinski definition) is 5. The van der Waals surface area contributed by atoms with Crippen LogP contribution < -0.4 is 47.2 Å². The first kappa shape index (κ1) is 37.5. The van der Waals surface area contributed by atoms with E-state index < -0.39 is 0 Å². The predicted octanol–water partition coefficient (Wildman–Crippen LogP) is 8.95. The molecule has 308 valence electrons. The van der Waals surface area contributed by atoms with E-state index in [-0.39, 0.29) is 49.0 Å². The molecule has 0 saturated carbocycles. The van der Waals surface area contributed by atoms with Crippen LogP contribution >= 0.6 is 0 Å². The first-order valence-corrected chi connectivity index (χ1v) is 22.7. The zero-order chi connectivity index (χ0) is 42.8. The van der Waals surface area contributed by atoms with Gasteiger partial charge in [0.1, 0.15) is 23.7 Å². The first-order valence-electron chi connectivity index (χ1n) is 22.7. The van der Waals surface area contributed by atoms with Gasteiger partial charge >= 0.3 is 0 Å². The number of nitrogens with zero attached hydrogens (tertiary/aromatic N) is 1. The minimum atomic E-state index is -0.142. The SMILES string of the molecule is CC1OC1Oc1ccc(-c2ccc3c(c2)-c2cc(C(C)(C)C)cc4c2B3c2cccc3c2N4c2cc(C(C)(C)C)cc4c2B3c2ccc(-c3ccc(OC5OC5C)cc3)cc2-4)cc1. The molecule has 0 aliphatic carbocycles. The van der Waals surface area contributed by atoms with E-state index in [9.17, 15) is 0 Å². The van der Waals surface area contributed by atoms with Crippen LogP contribution in [0, 0.1) is 0 Å². The summed E-state index contributed by atoms with van der Waals surface area (Å²) in [5.41, 5.74) is 25.1. The number of rotatable bonds is 6. The molecule has 0 N–H and O–H groups in total. The maximum Gasteiger partial charge on any atom is 0.248 e. The van der Waals surface area contributed by atoms with Crippen LogP contribution in [0.25, 0.3) is 44.5 Å². The molecule has 2 saturated heterocycles. The van der Waals surface area contributed by atoms with Gasteiger partial charge in [0.05, 0.1) is 0 Å². The van der Waals surface area contributed by atoms with E-state index in [0.717, 1.165) is 11.5 Å². The van der Waals surface area contributed by atoms with Gasteiger partial charge in [-0.05, 0) is 151 Å². The molecule has 2 fully saturated rings. The van der Waals surface area contributed by atoms with Crippen LogP contribution in [0.4, 0.5) is 17.1 Å². The molecule has 63 heavy (non-hydrogen) atoms. The lowest BCUT2D eigenvalue weighted by Crippen LogP contribution is -2.63. The number of fused-ring (bicyclic) bond motifs is 10. The number of hydrogen-bond donors (Lipinski definition) is 0. The molecule has 4 unspecified atom stereocenters. The van der Waals surface area contributed by atoms with Crippen LogP contribution in [0.1, 0.15) is 66.5 Å². The normalized spacial score (nSPS) is 20.2. The second-order valence-corrected chi connectivity index (χ2v) is 20.7. The Morgan fingerprint density at radius 2 is 0.857 bits per heavy atom. The quantitative estimate of drug-likeness (QED) is 0.124.